The Labute approximate surface area is 183 Å². The van der Waals surface area contributed by atoms with Gasteiger partial charge in [-0.3, -0.25) is 9.10 Å². The Bertz CT molecular complexity index is 1190. The Morgan fingerprint density at radius 3 is 2.26 bits per heavy atom. The van der Waals surface area contributed by atoms with Gasteiger partial charge in [-0.1, -0.05) is 48.5 Å². The predicted octanol–water partition coefficient (Wildman–Crippen LogP) is 4.27. The molecule has 4 rings (SSSR count). The molecule has 1 heterocycles. The lowest BCUT2D eigenvalue weighted by Crippen LogP contribution is -2.36. The van der Waals surface area contributed by atoms with Crippen LogP contribution in [0.3, 0.4) is 0 Å². The Kier molecular flexibility index (Phi) is 5.91. The van der Waals surface area contributed by atoms with E-state index >= 15 is 0 Å². The van der Waals surface area contributed by atoms with E-state index in [1.54, 1.807) is 60.7 Å². The summed E-state index contributed by atoms with van der Waals surface area (Å²) in [5, 5.41) is 0. The van der Waals surface area contributed by atoms with E-state index in [-0.39, 0.29) is 17.3 Å². The molecular weight excluding hydrogens is 408 g/mol. The zero-order valence-corrected chi connectivity index (χ0v) is 18.0. The van der Waals surface area contributed by atoms with Crippen LogP contribution in [0.5, 0.6) is 0 Å². The van der Waals surface area contributed by atoms with Crippen LogP contribution in [0.1, 0.15) is 21.5 Å². The highest BCUT2D eigenvalue weighted by atomic mass is 32.2. The zero-order chi connectivity index (χ0) is 21.8. The first-order valence-electron chi connectivity index (χ1n) is 10.2. The molecule has 3 aromatic carbocycles. The molecule has 0 unspecified atom stereocenters. The summed E-state index contributed by atoms with van der Waals surface area (Å²) in [5.74, 6) is -0.0535. The first-order valence-corrected chi connectivity index (χ1v) is 11.6. The van der Waals surface area contributed by atoms with E-state index in [1.165, 1.54) is 15.4 Å². The van der Waals surface area contributed by atoms with Gasteiger partial charge in [0, 0.05) is 18.7 Å². The van der Waals surface area contributed by atoms with E-state index in [4.69, 9.17) is 0 Å². The van der Waals surface area contributed by atoms with E-state index in [9.17, 15) is 13.2 Å². The second-order valence-electron chi connectivity index (χ2n) is 7.43. The van der Waals surface area contributed by atoms with Crippen molar-refractivity contribution in [2.45, 2.75) is 17.9 Å². The summed E-state index contributed by atoms with van der Waals surface area (Å²) >= 11 is 0. The number of hydrogen-bond acceptors (Lipinski definition) is 3. The highest BCUT2D eigenvalue weighted by Gasteiger charge is 2.25. The minimum absolute atomic E-state index is 0.0535. The molecule has 0 radical (unpaired) electrons. The summed E-state index contributed by atoms with van der Waals surface area (Å²) in [6.45, 7) is 5.08. The van der Waals surface area contributed by atoms with Crippen molar-refractivity contribution in [3.8, 4) is 0 Å². The highest BCUT2D eigenvalue weighted by Crippen LogP contribution is 2.25. The lowest BCUT2D eigenvalue weighted by atomic mass is 9.99. The quantitative estimate of drug-likeness (QED) is 0.547. The van der Waals surface area contributed by atoms with Crippen LogP contribution >= 0.6 is 0 Å². The van der Waals surface area contributed by atoms with Gasteiger partial charge in [0.25, 0.3) is 15.9 Å². The van der Waals surface area contributed by atoms with Gasteiger partial charge in [-0.25, -0.2) is 8.42 Å². The van der Waals surface area contributed by atoms with Gasteiger partial charge in [-0.15, -0.1) is 6.58 Å². The molecule has 1 amide bonds. The van der Waals surface area contributed by atoms with E-state index < -0.39 is 10.0 Å². The van der Waals surface area contributed by atoms with Crippen molar-refractivity contribution < 1.29 is 13.2 Å². The molecule has 0 saturated heterocycles. The summed E-state index contributed by atoms with van der Waals surface area (Å²) in [5.41, 5.74) is 3.49. The number of benzene rings is 3. The van der Waals surface area contributed by atoms with Crippen LogP contribution < -0.4 is 4.31 Å². The third-order valence-corrected chi connectivity index (χ3v) is 7.25. The van der Waals surface area contributed by atoms with E-state index in [2.05, 4.69) is 18.7 Å². The normalized spacial score (nSPS) is 13.4. The molecule has 0 saturated carbocycles. The SMILES string of the molecule is C=CCN(c1ccc(C(=O)N2CCc3ccccc3C2)cc1)S(=O)(=O)c1ccccc1. The van der Waals surface area contributed by atoms with Gasteiger partial charge in [0.15, 0.2) is 0 Å². The van der Waals surface area contributed by atoms with Crippen LogP contribution in [0.2, 0.25) is 0 Å². The largest absolute Gasteiger partial charge is 0.334 e. The molecule has 0 spiro atoms. The zero-order valence-electron chi connectivity index (χ0n) is 17.1. The van der Waals surface area contributed by atoms with Gasteiger partial charge in [0.1, 0.15) is 0 Å². The molecule has 0 fully saturated rings. The van der Waals surface area contributed by atoms with Gasteiger partial charge in [0.05, 0.1) is 17.1 Å². The van der Waals surface area contributed by atoms with Crippen molar-refractivity contribution in [1.82, 2.24) is 4.90 Å². The number of rotatable bonds is 6. The fourth-order valence-corrected chi connectivity index (χ4v) is 5.26. The van der Waals surface area contributed by atoms with Crippen molar-refractivity contribution in [3.63, 3.8) is 0 Å². The molecule has 1 aliphatic rings. The maximum atomic E-state index is 13.1. The minimum Gasteiger partial charge on any atom is -0.334 e. The second kappa shape index (κ2) is 8.78. The number of carbonyl (C=O) groups is 1. The van der Waals surface area contributed by atoms with Crippen LogP contribution in [0, 0.1) is 0 Å². The van der Waals surface area contributed by atoms with Crippen LogP contribution in [-0.4, -0.2) is 32.3 Å². The standard InChI is InChI=1S/C25H24N2O3S/c1-2-17-27(31(29,30)24-10-4-3-5-11-24)23-14-12-21(13-15-23)25(28)26-18-16-20-8-6-7-9-22(20)19-26/h2-15H,1,16-19H2. The average molecular weight is 433 g/mol. The number of anilines is 1. The van der Waals surface area contributed by atoms with Crippen molar-refractivity contribution in [2.24, 2.45) is 0 Å². The van der Waals surface area contributed by atoms with Crippen LogP contribution in [0.25, 0.3) is 0 Å². The van der Waals surface area contributed by atoms with E-state index in [1.807, 2.05) is 17.0 Å². The molecule has 0 N–H and O–H groups in total. The van der Waals surface area contributed by atoms with Crippen LogP contribution in [-0.2, 0) is 23.0 Å². The van der Waals surface area contributed by atoms with Crippen molar-refractivity contribution >= 4 is 21.6 Å². The van der Waals surface area contributed by atoms with Gasteiger partial charge >= 0.3 is 0 Å². The van der Waals surface area contributed by atoms with Gasteiger partial charge in [-0.05, 0) is 53.9 Å². The maximum absolute atomic E-state index is 13.1. The summed E-state index contributed by atoms with van der Waals surface area (Å²) in [6.07, 6.45) is 2.38. The number of carbonyl (C=O) groups excluding carboxylic acids is 1. The Balaban J connectivity index is 1.56. The fraction of sp³-hybridized carbons (Fsp3) is 0.160. The lowest BCUT2D eigenvalue weighted by molar-refractivity contribution is 0.0734. The highest BCUT2D eigenvalue weighted by molar-refractivity contribution is 7.92. The Hall–Kier alpha value is -3.38. The number of amides is 1. The lowest BCUT2D eigenvalue weighted by Gasteiger charge is -2.29. The number of fused-ring (bicyclic) bond motifs is 1. The van der Waals surface area contributed by atoms with Gasteiger partial charge in [0.2, 0.25) is 0 Å². The topological polar surface area (TPSA) is 57.7 Å². The molecule has 158 valence electrons. The van der Waals surface area contributed by atoms with E-state index in [0.29, 0.717) is 24.3 Å². The average Bonchev–Trinajstić information content (AvgIpc) is 2.82. The third kappa shape index (κ3) is 4.25. The summed E-state index contributed by atoms with van der Waals surface area (Å²) in [4.78, 5) is 15.1. The molecule has 0 atom stereocenters. The maximum Gasteiger partial charge on any atom is 0.264 e. The van der Waals surface area contributed by atoms with Crippen molar-refractivity contribution in [1.29, 1.82) is 0 Å². The summed E-state index contributed by atoms with van der Waals surface area (Å²) < 4.78 is 27.5. The minimum atomic E-state index is -3.74. The van der Waals surface area contributed by atoms with Gasteiger partial charge in [-0.2, -0.15) is 0 Å². The molecule has 0 bridgehead atoms. The molecule has 0 aliphatic carbocycles. The van der Waals surface area contributed by atoms with Gasteiger partial charge < -0.3 is 4.90 Å². The number of nitrogens with zero attached hydrogens (tertiary/aromatic N) is 2. The summed E-state index contributed by atoms with van der Waals surface area (Å²) in [7, 11) is -3.74. The first-order chi connectivity index (χ1) is 15.0. The predicted molar refractivity (Wildman–Crippen MR) is 122 cm³/mol. The number of hydrogen-bond donors (Lipinski definition) is 0. The van der Waals surface area contributed by atoms with Crippen molar-refractivity contribution in [3.05, 3.63) is 108 Å². The molecule has 5 nitrogen and oxygen atoms in total. The molecule has 6 heteroatoms. The molecule has 0 aromatic heterocycles. The van der Waals surface area contributed by atoms with E-state index in [0.717, 1.165) is 6.42 Å². The van der Waals surface area contributed by atoms with Crippen molar-refractivity contribution in [2.75, 3.05) is 17.4 Å². The third-order valence-electron chi connectivity index (χ3n) is 5.45. The first kappa shape index (κ1) is 20.9. The Morgan fingerprint density at radius 2 is 1.58 bits per heavy atom. The monoisotopic (exact) mass is 432 g/mol. The molecular formula is C25H24N2O3S. The second-order valence-corrected chi connectivity index (χ2v) is 9.29. The Morgan fingerprint density at radius 1 is 0.935 bits per heavy atom. The molecule has 1 aliphatic heterocycles. The molecule has 3 aromatic rings. The summed E-state index contributed by atoms with van der Waals surface area (Å²) in [6, 6.07) is 23.2. The smallest absolute Gasteiger partial charge is 0.264 e. The van der Waals surface area contributed by atoms with Crippen LogP contribution in [0.4, 0.5) is 5.69 Å². The number of sulfonamides is 1. The molecule has 31 heavy (non-hydrogen) atoms. The van der Waals surface area contributed by atoms with Crippen LogP contribution in [0.15, 0.2) is 96.4 Å². The fourth-order valence-electron chi connectivity index (χ4n) is 3.80.